The highest BCUT2D eigenvalue weighted by atomic mass is 16.3. The molecule has 264 valence electrons. The van der Waals surface area contributed by atoms with Gasteiger partial charge in [0, 0.05) is 55.5 Å². The van der Waals surface area contributed by atoms with E-state index in [1.165, 1.54) is 18.4 Å². The first-order chi connectivity index (χ1) is 25.2. The fourth-order valence-corrected chi connectivity index (χ4v) is 9.09. The number of carbonyl (C=O) groups is 4. The highest BCUT2D eigenvalue weighted by Gasteiger charge is 2.54. The van der Waals surface area contributed by atoms with E-state index in [9.17, 15) is 24.3 Å². The molecule has 5 heterocycles. The number of fused-ring (bicyclic) bond motifs is 1. The van der Waals surface area contributed by atoms with Crippen LogP contribution in [0.4, 0.5) is 11.5 Å². The minimum atomic E-state index is -0.961. The molecule has 12 heteroatoms. The lowest BCUT2D eigenvalue weighted by Crippen LogP contribution is -2.65. The smallest absolute Gasteiger partial charge is 0.262 e. The number of benzene rings is 3. The van der Waals surface area contributed by atoms with E-state index in [2.05, 4.69) is 49.6 Å². The fourth-order valence-electron chi connectivity index (χ4n) is 9.09. The molecule has 1 aromatic heterocycles. The van der Waals surface area contributed by atoms with Crippen LogP contribution in [0.3, 0.4) is 0 Å². The number of anilines is 2. The first-order valence-corrected chi connectivity index (χ1v) is 18.0. The van der Waals surface area contributed by atoms with E-state index in [1.54, 1.807) is 24.3 Å². The molecule has 12 nitrogen and oxygen atoms in total. The average Bonchev–Trinajstić information content (AvgIpc) is 3.36. The Morgan fingerprint density at radius 3 is 2.25 bits per heavy atom. The number of imide groups is 2. The third-order valence-electron chi connectivity index (χ3n) is 11.9. The van der Waals surface area contributed by atoms with Crippen LogP contribution in [0.1, 0.15) is 70.7 Å². The second kappa shape index (κ2) is 12.3. The molecule has 1 aliphatic carbocycles. The van der Waals surface area contributed by atoms with E-state index in [0.29, 0.717) is 45.6 Å². The molecule has 3 saturated heterocycles. The van der Waals surface area contributed by atoms with Gasteiger partial charge in [-0.15, -0.1) is 10.2 Å². The highest BCUT2D eigenvalue weighted by molar-refractivity contribution is 6.23. The molecule has 4 fully saturated rings. The van der Waals surface area contributed by atoms with Crippen LogP contribution in [0, 0.1) is 5.41 Å². The summed E-state index contributed by atoms with van der Waals surface area (Å²) in [6.07, 6.45) is 4.70. The molecule has 4 aromatic rings. The van der Waals surface area contributed by atoms with Crippen molar-refractivity contribution in [3.05, 3.63) is 89.5 Å². The van der Waals surface area contributed by atoms with E-state index in [1.807, 2.05) is 24.3 Å². The van der Waals surface area contributed by atoms with Crippen molar-refractivity contribution < 1.29 is 24.3 Å². The van der Waals surface area contributed by atoms with Crippen molar-refractivity contribution in [2.24, 2.45) is 5.41 Å². The van der Waals surface area contributed by atoms with Gasteiger partial charge in [-0.1, -0.05) is 36.4 Å². The molecule has 4 aliphatic heterocycles. The summed E-state index contributed by atoms with van der Waals surface area (Å²) in [4.78, 5) is 56.4. The number of piperidine rings is 2. The first-order valence-electron chi connectivity index (χ1n) is 18.0. The van der Waals surface area contributed by atoms with Gasteiger partial charge >= 0.3 is 0 Å². The van der Waals surface area contributed by atoms with Crippen molar-refractivity contribution in [1.29, 1.82) is 0 Å². The normalized spacial score (nSPS) is 22.0. The summed E-state index contributed by atoms with van der Waals surface area (Å²) in [6, 6.07) is 22.5. The number of phenolic OH excluding ortho intramolecular Hbond substituents is 1. The van der Waals surface area contributed by atoms with E-state index < -0.39 is 23.8 Å². The maximum Gasteiger partial charge on any atom is 0.262 e. The minimum absolute atomic E-state index is 0.101. The molecule has 4 N–H and O–H groups in total. The zero-order valence-corrected chi connectivity index (χ0v) is 28.6. The molecular weight excluding hydrogens is 658 g/mol. The molecule has 1 atom stereocenters. The molecule has 9 rings (SSSR count). The lowest BCUT2D eigenvalue weighted by atomic mass is 9.55. The number of nitrogen functional groups attached to an aromatic ring is 1. The molecule has 4 amide bonds. The summed E-state index contributed by atoms with van der Waals surface area (Å²) in [5.74, 6) is -0.881. The number of nitrogens with two attached hydrogens (primary N) is 1. The Kier molecular flexibility index (Phi) is 7.62. The van der Waals surface area contributed by atoms with Crippen LogP contribution in [0.25, 0.3) is 22.4 Å². The number of aromatic nitrogens is 2. The lowest BCUT2D eigenvalue weighted by molar-refractivity contribution is -0.136. The van der Waals surface area contributed by atoms with Gasteiger partial charge in [0.25, 0.3) is 11.8 Å². The number of carbonyl (C=O) groups excluding carboxylic acids is 4. The van der Waals surface area contributed by atoms with Crippen molar-refractivity contribution in [2.75, 3.05) is 36.8 Å². The topological polar surface area (TPSA) is 162 Å². The molecule has 0 bridgehead atoms. The maximum absolute atomic E-state index is 13.3. The van der Waals surface area contributed by atoms with Gasteiger partial charge in [-0.25, -0.2) is 0 Å². The van der Waals surface area contributed by atoms with Crippen LogP contribution < -0.4 is 16.0 Å². The summed E-state index contributed by atoms with van der Waals surface area (Å²) in [5.41, 5.74) is 12.5. The zero-order chi connectivity index (χ0) is 35.7. The summed E-state index contributed by atoms with van der Waals surface area (Å²) in [5, 5.41) is 20.9. The largest absolute Gasteiger partial charge is 0.507 e. The number of nitrogens with one attached hydrogen (secondary N) is 1. The van der Waals surface area contributed by atoms with Crippen LogP contribution in [0.2, 0.25) is 0 Å². The van der Waals surface area contributed by atoms with Crippen LogP contribution in [-0.4, -0.2) is 87.0 Å². The summed E-state index contributed by atoms with van der Waals surface area (Å²) < 4.78 is 0. The Labute approximate surface area is 300 Å². The highest BCUT2D eigenvalue weighted by Crippen LogP contribution is 2.57. The number of para-hydroxylation sites is 1. The number of rotatable bonds is 6. The Bertz CT molecular complexity index is 2130. The lowest BCUT2D eigenvalue weighted by Gasteiger charge is -2.62. The molecule has 52 heavy (non-hydrogen) atoms. The number of likely N-dealkylation sites (tertiary alicyclic amines) is 1. The number of hydrogen-bond acceptors (Lipinski definition) is 10. The Balaban J connectivity index is 0.778. The SMILES string of the molecule is Nc1nnc(-c2ccccc2O)cc1-c1ccc(C2CC3(C2)CN(C2CCN(c4ccc5c(c4)C(=O)N(C4CCC(=O)NC4=O)C5=O)CC2)C3)cc1. The van der Waals surface area contributed by atoms with E-state index in [4.69, 9.17) is 5.73 Å². The van der Waals surface area contributed by atoms with Crippen LogP contribution >= 0.6 is 0 Å². The summed E-state index contributed by atoms with van der Waals surface area (Å²) in [6.45, 7) is 4.00. The van der Waals surface area contributed by atoms with Gasteiger partial charge in [-0.05, 0) is 91.0 Å². The van der Waals surface area contributed by atoms with Crippen LogP contribution in [0.15, 0.2) is 72.8 Å². The summed E-state index contributed by atoms with van der Waals surface area (Å²) in [7, 11) is 0. The van der Waals surface area contributed by atoms with E-state index in [-0.39, 0.29) is 24.5 Å². The van der Waals surface area contributed by atoms with Crippen molar-refractivity contribution in [2.45, 2.75) is 56.5 Å². The van der Waals surface area contributed by atoms with Gasteiger partial charge in [0.15, 0.2) is 5.82 Å². The third-order valence-corrected chi connectivity index (χ3v) is 11.9. The van der Waals surface area contributed by atoms with Crippen molar-refractivity contribution >= 4 is 35.1 Å². The second-order valence-electron chi connectivity index (χ2n) is 15.1. The third kappa shape index (κ3) is 5.40. The zero-order valence-electron chi connectivity index (χ0n) is 28.6. The monoisotopic (exact) mass is 697 g/mol. The van der Waals surface area contributed by atoms with Gasteiger partial charge in [0.05, 0.1) is 16.8 Å². The second-order valence-corrected chi connectivity index (χ2v) is 15.1. The number of nitrogens with zero attached hydrogens (tertiary/aromatic N) is 5. The number of hydrogen-bond donors (Lipinski definition) is 3. The molecule has 1 saturated carbocycles. The summed E-state index contributed by atoms with van der Waals surface area (Å²) >= 11 is 0. The van der Waals surface area contributed by atoms with Gasteiger partial charge in [0.2, 0.25) is 11.8 Å². The van der Waals surface area contributed by atoms with Crippen molar-refractivity contribution in [3.63, 3.8) is 0 Å². The minimum Gasteiger partial charge on any atom is -0.507 e. The standard InChI is InChI=1S/C40H39N7O5/c41-36-30(18-32(43-44-36)29-3-1-2-4-34(29)48)24-7-5-23(6-8-24)25-19-40(20-25)21-46(22-40)26-13-15-45(16-14-26)27-9-10-28-31(17-27)39(52)47(38(28)51)33-11-12-35(49)42-37(33)50/h1-10,17-18,25-26,33,48H,11-16,19-22H2,(H2,41,44)(H,42,49,50). The maximum atomic E-state index is 13.3. The van der Waals surface area contributed by atoms with Crippen molar-refractivity contribution in [3.8, 4) is 28.1 Å². The molecule has 3 aromatic carbocycles. The fraction of sp³-hybridized carbons (Fsp3) is 0.350. The Morgan fingerprint density at radius 1 is 0.788 bits per heavy atom. The van der Waals surface area contributed by atoms with Crippen molar-refractivity contribution in [1.82, 2.24) is 25.3 Å². The molecular formula is C40H39N7O5. The van der Waals surface area contributed by atoms with Crippen LogP contribution in [-0.2, 0) is 9.59 Å². The Hall–Kier alpha value is -5.62. The van der Waals surface area contributed by atoms with Gasteiger partial charge in [0.1, 0.15) is 11.8 Å². The van der Waals surface area contributed by atoms with E-state index in [0.717, 1.165) is 60.7 Å². The van der Waals surface area contributed by atoms with Gasteiger partial charge in [-0.2, -0.15) is 0 Å². The molecule has 1 unspecified atom stereocenters. The predicted molar refractivity (Wildman–Crippen MR) is 193 cm³/mol. The molecule has 5 aliphatic rings. The Morgan fingerprint density at radius 2 is 1.52 bits per heavy atom. The quantitative estimate of drug-likeness (QED) is 0.247. The molecule has 0 radical (unpaired) electrons. The van der Waals surface area contributed by atoms with Crippen LogP contribution in [0.5, 0.6) is 5.75 Å². The van der Waals surface area contributed by atoms with Gasteiger partial charge < -0.3 is 15.7 Å². The first kappa shape index (κ1) is 32.3. The molecule has 1 spiro atoms. The number of phenols is 1. The van der Waals surface area contributed by atoms with E-state index >= 15 is 0 Å². The van der Waals surface area contributed by atoms with Gasteiger partial charge in [-0.3, -0.25) is 34.3 Å². The predicted octanol–water partition coefficient (Wildman–Crippen LogP) is 4.35. The number of amides is 4. The number of aromatic hydroxyl groups is 1. The average molecular weight is 698 g/mol.